The lowest BCUT2D eigenvalue weighted by Crippen LogP contribution is -2.00. The Labute approximate surface area is 221 Å². The van der Waals surface area contributed by atoms with Gasteiger partial charge in [0, 0.05) is 33.2 Å². The van der Waals surface area contributed by atoms with Crippen LogP contribution in [0.15, 0.2) is 127 Å². The van der Waals surface area contributed by atoms with Crippen LogP contribution < -0.4 is 0 Å². The van der Waals surface area contributed by atoms with E-state index in [1.54, 1.807) is 0 Å². The van der Waals surface area contributed by atoms with Crippen LogP contribution in [0.5, 0.6) is 0 Å². The van der Waals surface area contributed by atoms with Crippen molar-refractivity contribution in [1.29, 1.82) is 0 Å². The molecule has 0 fully saturated rings. The summed E-state index contributed by atoms with van der Waals surface area (Å²) in [6, 6.07) is 44.1. The Bertz CT molecular complexity index is 1960. The summed E-state index contributed by atoms with van der Waals surface area (Å²) in [7, 11) is 0. The Kier molecular flexibility index (Phi) is 4.68. The zero-order valence-corrected chi connectivity index (χ0v) is 21.0. The lowest BCUT2D eigenvalue weighted by molar-refractivity contribution is 0.967. The second kappa shape index (κ2) is 8.36. The minimum Gasteiger partial charge on any atom is -0.310 e. The van der Waals surface area contributed by atoms with E-state index in [0.29, 0.717) is 0 Å². The van der Waals surface area contributed by atoms with Crippen molar-refractivity contribution >= 4 is 38.8 Å². The zero-order valence-electron chi connectivity index (χ0n) is 21.0. The Morgan fingerprint density at radius 1 is 0.474 bits per heavy atom. The topological polar surface area (TPSA) is 9.86 Å². The number of rotatable bonds is 3. The molecule has 1 aliphatic rings. The maximum atomic E-state index is 2.42. The molecule has 0 unspecified atom stereocenters. The van der Waals surface area contributed by atoms with Gasteiger partial charge in [0.25, 0.3) is 0 Å². The van der Waals surface area contributed by atoms with E-state index in [0.717, 1.165) is 12.8 Å². The molecule has 8 rings (SSSR count). The Balaban J connectivity index is 1.24. The molecule has 180 valence electrons. The number of hydrogen-bond donors (Lipinski definition) is 0. The fourth-order valence-corrected chi connectivity index (χ4v) is 6.29. The highest BCUT2D eigenvalue weighted by molar-refractivity contribution is 6.09. The Hall–Kier alpha value is -4.82. The van der Waals surface area contributed by atoms with Gasteiger partial charge >= 0.3 is 0 Å². The molecular weight excluding hydrogens is 460 g/mol. The molecule has 5 aromatic carbocycles. The summed E-state index contributed by atoms with van der Waals surface area (Å²) in [4.78, 5) is 0. The van der Waals surface area contributed by atoms with Crippen LogP contribution in [0.1, 0.15) is 17.7 Å². The average Bonchev–Trinajstić information content (AvgIpc) is 3.51. The normalized spacial score (nSPS) is 12.9. The number of allylic oxidation sites excluding steroid dienone is 1. The van der Waals surface area contributed by atoms with Crippen LogP contribution in [-0.4, -0.2) is 9.13 Å². The van der Waals surface area contributed by atoms with Crippen molar-refractivity contribution in [1.82, 2.24) is 9.13 Å². The largest absolute Gasteiger partial charge is 0.310 e. The van der Waals surface area contributed by atoms with Crippen LogP contribution in [0.3, 0.4) is 0 Å². The molecule has 0 spiro atoms. The smallest absolute Gasteiger partial charge is 0.0541 e. The first kappa shape index (κ1) is 21.3. The van der Waals surface area contributed by atoms with Crippen molar-refractivity contribution in [2.24, 2.45) is 0 Å². The number of benzene rings is 5. The molecule has 2 heterocycles. The molecule has 38 heavy (non-hydrogen) atoms. The predicted octanol–water partition coefficient (Wildman–Crippen LogP) is 9.35. The monoisotopic (exact) mass is 486 g/mol. The van der Waals surface area contributed by atoms with Crippen LogP contribution >= 0.6 is 0 Å². The predicted molar refractivity (Wildman–Crippen MR) is 160 cm³/mol. The number of aromatic nitrogens is 2. The van der Waals surface area contributed by atoms with Gasteiger partial charge in [-0.1, -0.05) is 84.9 Å². The Morgan fingerprint density at radius 2 is 1.11 bits per heavy atom. The average molecular weight is 487 g/mol. The number of aryl methyl sites for hydroxylation is 1. The quantitative estimate of drug-likeness (QED) is 0.235. The fraction of sp³-hybridized carbons (Fsp3) is 0.0556. The lowest BCUT2D eigenvalue weighted by Gasteiger charge is -2.13. The van der Waals surface area contributed by atoms with E-state index in [9.17, 15) is 0 Å². The third-order valence-corrected chi connectivity index (χ3v) is 8.00. The lowest BCUT2D eigenvalue weighted by atomic mass is 10.0. The molecule has 1 aliphatic carbocycles. The van der Waals surface area contributed by atoms with Crippen LogP contribution in [-0.2, 0) is 6.42 Å². The first-order valence-electron chi connectivity index (χ1n) is 13.4. The van der Waals surface area contributed by atoms with Crippen molar-refractivity contribution < 1.29 is 0 Å². The summed E-state index contributed by atoms with van der Waals surface area (Å²) in [5, 5.41) is 3.94. The molecular formula is C36H26N2. The highest BCUT2D eigenvalue weighted by atomic mass is 15.0. The van der Waals surface area contributed by atoms with Crippen molar-refractivity contribution in [3.63, 3.8) is 0 Å². The first-order chi connectivity index (χ1) is 18.9. The van der Waals surface area contributed by atoms with Gasteiger partial charge in [0.15, 0.2) is 0 Å². The summed E-state index contributed by atoms with van der Waals surface area (Å²) in [5.74, 6) is 0. The number of nitrogens with zero attached hydrogens (tertiary/aromatic N) is 2. The summed E-state index contributed by atoms with van der Waals surface area (Å²) < 4.78 is 4.80. The number of fused-ring (bicyclic) bond motifs is 6. The molecule has 2 aromatic heterocycles. The second-order valence-electron chi connectivity index (χ2n) is 10.1. The number of para-hydroxylation sites is 3. The highest BCUT2D eigenvalue weighted by Gasteiger charge is 2.18. The molecule has 0 atom stereocenters. The highest BCUT2D eigenvalue weighted by Crippen LogP contribution is 2.36. The van der Waals surface area contributed by atoms with Gasteiger partial charge in [-0.15, -0.1) is 0 Å². The van der Waals surface area contributed by atoms with Crippen LogP contribution in [0.25, 0.3) is 61.3 Å². The van der Waals surface area contributed by atoms with Gasteiger partial charge in [0.2, 0.25) is 0 Å². The third-order valence-electron chi connectivity index (χ3n) is 8.00. The summed E-state index contributed by atoms with van der Waals surface area (Å²) in [6.45, 7) is 0. The molecule has 2 heteroatoms. The van der Waals surface area contributed by atoms with Crippen LogP contribution in [0.4, 0.5) is 0 Å². The maximum absolute atomic E-state index is 2.42. The molecule has 0 saturated heterocycles. The Morgan fingerprint density at radius 3 is 1.82 bits per heavy atom. The van der Waals surface area contributed by atoms with Crippen LogP contribution in [0, 0.1) is 0 Å². The van der Waals surface area contributed by atoms with E-state index >= 15 is 0 Å². The van der Waals surface area contributed by atoms with E-state index in [1.165, 1.54) is 66.5 Å². The van der Waals surface area contributed by atoms with Gasteiger partial charge in [0.05, 0.1) is 16.6 Å². The third kappa shape index (κ3) is 3.13. The first-order valence-corrected chi connectivity index (χ1v) is 13.4. The van der Waals surface area contributed by atoms with Crippen molar-refractivity contribution in [3.8, 4) is 22.5 Å². The molecule has 2 nitrogen and oxygen atoms in total. The standard InChI is InChI=1S/C36H26N2/c1-5-16-33-29(12-1)30-13-2-6-17-34(30)37(33)27-22-20-25(21-23-27)26-10-9-11-28(24-26)38-35-18-7-3-14-31(35)32-15-4-8-19-36(32)38/h1,3-12,14-24H,2,13H2. The van der Waals surface area contributed by atoms with E-state index in [1.807, 2.05) is 0 Å². The van der Waals surface area contributed by atoms with Gasteiger partial charge in [0.1, 0.15) is 0 Å². The molecule has 0 radical (unpaired) electrons. The molecule has 0 N–H and O–H groups in total. The van der Waals surface area contributed by atoms with Gasteiger partial charge in [-0.3, -0.25) is 0 Å². The minimum absolute atomic E-state index is 1.10. The minimum atomic E-state index is 1.10. The van der Waals surface area contributed by atoms with Gasteiger partial charge in [-0.2, -0.15) is 0 Å². The van der Waals surface area contributed by atoms with E-state index in [2.05, 4.69) is 143 Å². The maximum Gasteiger partial charge on any atom is 0.0541 e. The second-order valence-corrected chi connectivity index (χ2v) is 10.1. The molecule has 0 aliphatic heterocycles. The molecule has 0 amide bonds. The van der Waals surface area contributed by atoms with E-state index < -0.39 is 0 Å². The van der Waals surface area contributed by atoms with Gasteiger partial charge < -0.3 is 9.13 Å². The molecule has 7 aromatic rings. The van der Waals surface area contributed by atoms with Gasteiger partial charge in [-0.05, 0) is 78.1 Å². The van der Waals surface area contributed by atoms with Crippen LogP contribution in [0.2, 0.25) is 0 Å². The fourth-order valence-electron chi connectivity index (χ4n) is 6.29. The number of hydrogen-bond acceptors (Lipinski definition) is 0. The van der Waals surface area contributed by atoms with E-state index in [-0.39, 0.29) is 0 Å². The summed E-state index contributed by atoms with van der Waals surface area (Å²) >= 11 is 0. The molecule has 0 saturated carbocycles. The summed E-state index contributed by atoms with van der Waals surface area (Å²) in [6.07, 6.45) is 6.81. The SMILES string of the molecule is C1=Cc2c(c3ccccc3n2-c2ccc(-c3cccc(-n4c5ccccc5c5ccccc54)c3)cc2)CC1. The summed E-state index contributed by atoms with van der Waals surface area (Å²) in [5.41, 5.74) is 11.4. The zero-order chi connectivity index (χ0) is 25.1. The molecule has 0 bridgehead atoms. The van der Waals surface area contributed by atoms with Crippen molar-refractivity contribution in [2.75, 3.05) is 0 Å². The van der Waals surface area contributed by atoms with Crippen molar-refractivity contribution in [2.45, 2.75) is 12.8 Å². The van der Waals surface area contributed by atoms with Crippen molar-refractivity contribution in [3.05, 3.63) is 139 Å². The van der Waals surface area contributed by atoms with Gasteiger partial charge in [-0.25, -0.2) is 0 Å². The van der Waals surface area contributed by atoms with E-state index in [4.69, 9.17) is 0 Å².